The fourth-order valence-corrected chi connectivity index (χ4v) is 2.33. The van der Waals surface area contributed by atoms with Crippen LogP contribution in [0.15, 0.2) is 18.2 Å². The number of nitrogens with zero attached hydrogens (tertiary/aromatic N) is 2. The molecule has 3 N–H and O–H groups in total. The number of carbonyl (C=O) groups excluding carboxylic acids is 1. The molecule has 1 aliphatic rings. The molecule has 7 nitrogen and oxygen atoms in total. The third kappa shape index (κ3) is 2.57. The van der Waals surface area contributed by atoms with E-state index in [2.05, 4.69) is 0 Å². The molecule has 108 valence electrons. The smallest absolute Gasteiger partial charge is 0.284 e. The Morgan fingerprint density at radius 2 is 2.25 bits per heavy atom. The van der Waals surface area contributed by atoms with Crippen LogP contribution in [0.3, 0.4) is 0 Å². The summed E-state index contributed by atoms with van der Waals surface area (Å²) in [5.41, 5.74) is 5.39. The second-order valence-corrected chi connectivity index (χ2v) is 5.08. The van der Waals surface area contributed by atoms with Gasteiger partial charge in [0.25, 0.3) is 11.6 Å². The number of carbonyl (C=O) groups is 1. The van der Waals surface area contributed by atoms with E-state index in [0.717, 1.165) is 0 Å². The second-order valence-electron chi connectivity index (χ2n) is 5.08. The molecule has 1 aromatic rings. The Kier molecular flexibility index (Phi) is 3.89. The fraction of sp³-hybridized carbons (Fsp3) is 0.462. The van der Waals surface area contributed by atoms with Crippen LogP contribution >= 0.6 is 0 Å². The van der Waals surface area contributed by atoms with Crippen LogP contribution in [0.2, 0.25) is 0 Å². The van der Waals surface area contributed by atoms with E-state index in [1.54, 1.807) is 0 Å². The largest absolute Gasteiger partial charge is 0.398 e. The minimum atomic E-state index is -0.618. The minimum absolute atomic E-state index is 0.0808. The van der Waals surface area contributed by atoms with E-state index in [1.165, 1.54) is 23.1 Å². The normalized spacial score (nSPS) is 22.6. The monoisotopic (exact) mass is 279 g/mol. The van der Waals surface area contributed by atoms with Gasteiger partial charge in [-0.05, 0) is 18.4 Å². The molecule has 2 atom stereocenters. The second kappa shape index (κ2) is 5.46. The van der Waals surface area contributed by atoms with Crippen LogP contribution in [-0.2, 0) is 0 Å². The predicted molar refractivity (Wildman–Crippen MR) is 73.2 cm³/mol. The zero-order valence-electron chi connectivity index (χ0n) is 11.2. The number of hydrogen-bond acceptors (Lipinski definition) is 5. The van der Waals surface area contributed by atoms with Crippen LogP contribution in [0.4, 0.5) is 11.4 Å². The maximum Gasteiger partial charge on any atom is 0.284 e. The summed E-state index contributed by atoms with van der Waals surface area (Å²) >= 11 is 0. The molecule has 0 spiro atoms. The highest BCUT2D eigenvalue weighted by Gasteiger charge is 2.32. The van der Waals surface area contributed by atoms with E-state index >= 15 is 0 Å². The number of aliphatic hydroxyl groups is 1. The Hall–Kier alpha value is -2.15. The van der Waals surface area contributed by atoms with Crippen molar-refractivity contribution in [3.63, 3.8) is 0 Å². The summed E-state index contributed by atoms with van der Waals surface area (Å²) in [5.74, 6) is -0.386. The van der Waals surface area contributed by atoms with Gasteiger partial charge in [0, 0.05) is 19.2 Å². The number of nitrogen functional groups attached to an aromatic ring is 1. The molecule has 20 heavy (non-hydrogen) atoms. The first-order valence-corrected chi connectivity index (χ1v) is 6.42. The van der Waals surface area contributed by atoms with Gasteiger partial charge in [-0.25, -0.2) is 0 Å². The molecule has 1 amide bonds. The molecule has 1 fully saturated rings. The zero-order chi connectivity index (χ0) is 14.9. The molecule has 0 radical (unpaired) electrons. The number of β-amino-alcohol motifs (C(OH)–C–C–N with tert-alkyl or cyclic N) is 1. The first kappa shape index (κ1) is 14.3. The van der Waals surface area contributed by atoms with Crippen molar-refractivity contribution in [3.8, 4) is 0 Å². The van der Waals surface area contributed by atoms with Crippen molar-refractivity contribution >= 4 is 17.3 Å². The molecule has 1 saturated heterocycles. The zero-order valence-corrected chi connectivity index (χ0v) is 11.2. The molecule has 1 heterocycles. The lowest BCUT2D eigenvalue weighted by Gasteiger charge is -2.34. The molecule has 7 heteroatoms. The fourth-order valence-electron chi connectivity index (χ4n) is 2.33. The summed E-state index contributed by atoms with van der Waals surface area (Å²) in [7, 11) is 0. The van der Waals surface area contributed by atoms with Gasteiger partial charge in [0.1, 0.15) is 5.56 Å². The Balaban J connectivity index is 2.32. The molecular formula is C13H17N3O4. The lowest BCUT2D eigenvalue weighted by atomic mass is 9.95. The summed E-state index contributed by atoms with van der Waals surface area (Å²) in [4.78, 5) is 24.2. The molecule has 1 aliphatic heterocycles. The number of hydrogen-bond donors (Lipinski definition) is 2. The average molecular weight is 279 g/mol. The molecule has 1 aromatic carbocycles. The van der Waals surface area contributed by atoms with Gasteiger partial charge in [-0.15, -0.1) is 0 Å². The average Bonchev–Trinajstić information content (AvgIpc) is 2.40. The van der Waals surface area contributed by atoms with Gasteiger partial charge in [0.2, 0.25) is 0 Å². The van der Waals surface area contributed by atoms with Crippen molar-refractivity contribution in [2.45, 2.75) is 19.4 Å². The van der Waals surface area contributed by atoms with Crippen LogP contribution in [0.1, 0.15) is 23.7 Å². The number of anilines is 1. The predicted octanol–water partition coefficient (Wildman–Crippen LogP) is 1.02. The quantitative estimate of drug-likeness (QED) is 0.477. The number of rotatable bonds is 2. The molecular weight excluding hydrogens is 262 g/mol. The van der Waals surface area contributed by atoms with Gasteiger partial charge in [-0.3, -0.25) is 14.9 Å². The molecule has 0 bridgehead atoms. The van der Waals surface area contributed by atoms with Crippen LogP contribution in [0.25, 0.3) is 0 Å². The van der Waals surface area contributed by atoms with Gasteiger partial charge >= 0.3 is 0 Å². The van der Waals surface area contributed by atoms with Crippen LogP contribution in [0, 0.1) is 16.0 Å². The summed E-state index contributed by atoms with van der Waals surface area (Å²) in [6, 6.07) is 4.16. The van der Waals surface area contributed by atoms with E-state index in [0.29, 0.717) is 13.0 Å². The molecule has 2 rings (SSSR count). The Labute approximate surface area is 116 Å². The van der Waals surface area contributed by atoms with E-state index in [4.69, 9.17) is 5.73 Å². The van der Waals surface area contributed by atoms with Crippen LogP contribution in [0.5, 0.6) is 0 Å². The number of likely N-dealkylation sites (tertiary alicyclic amines) is 1. The molecule has 0 saturated carbocycles. The minimum Gasteiger partial charge on any atom is -0.398 e. The standard InChI is InChI=1S/C13H17N3O4/c1-8-5-6-15(7-11(8)17)13(18)12-9(14)3-2-4-10(12)16(19)20/h2-4,8,11,17H,5-7,14H2,1H3/t8-,11+/m1/s1. The van der Waals surface area contributed by atoms with Gasteiger partial charge in [0.15, 0.2) is 0 Å². The number of amides is 1. The van der Waals surface area contributed by atoms with Crippen molar-refractivity contribution in [1.29, 1.82) is 0 Å². The summed E-state index contributed by atoms with van der Waals surface area (Å²) < 4.78 is 0. The first-order valence-electron chi connectivity index (χ1n) is 6.42. The van der Waals surface area contributed by atoms with Gasteiger partial charge in [-0.2, -0.15) is 0 Å². The summed E-state index contributed by atoms with van der Waals surface area (Å²) in [5, 5.41) is 20.8. The third-order valence-corrected chi connectivity index (χ3v) is 3.69. The van der Waals surface area contributed by atoms with Crippen LogP contribution in [-0.4, -0.2) is 40.0 Å². The number of nitro groups is 1. The number of piperidine rings is 1. The van der Waals surface area contributed by atoms with Crippen LogP contribution < -0.4 is 5.73 Å². The summed E-state index contributed by atoms with van der Waals surface area (Å²) in [6.07, 6.45) is 0.0460. The third-order valence-electron chi connectivity index (χ3n) is 3.69. The SMILES string of the molecule is C[C@@H]1CCN(C(=O)c2c(N)cccc2[N+](=O)[O-])C[C@@H]1O. The number of aliphatic hydroxyl groups excluding tert-OH is 1. The Morgan fingerprint density at radius 3 is 2.85 bits per heavy atom. The highest BCUT2D eigenvalue weighted by molar-refractivity contribution is 6.03. The Bertz CT molecular complexity index is 546. The maximum absolute atomic E-state index is 12.4. The molecule has 0 unspecified atom stereocenters. The van der Waals surface area contributed by atoms with Gasteiger partial charge < -0.3 is 15.7 Å². The van der Waals surface area contributed by atoms with E-state index in [1.807, 2.05) is 6.92 Å². The van der Waals surface area contributed by atoms with E-state index < -0.39 is 16.9 Å². The lowest BCUT2D eigenvalue weighted by Crippen LogP contribution is -2.46. The van der Waals surface area contributed by atoms with Crippen molar-refractivity contribution in [2.24, 2.45) is 5.92 Å². The first-order chi connectivity index (χ1) is 9.41. The van der Waals surface area contributed by atoms with Crippen molar-refractivity contribution in [2.75, 3.05) is 18.8 Å². The van der Waals surface area contributed by atoms with E-state index in [9.17, 15) is 20.0 Å². The van der Waals surface area contributed by atoms with Gasteiger partial charge in [0.05, 0.1) is 16.7 Å². The number of benzene rings is 1. The highest BCUT2D eigenvalue weighted by Crippen LogP contribution is 2.27. The summed E-state index contributed by atoms with van der Waals surface area (Å²) in [6.45, 7) is 2.54. The van der Waals surface area contributed by atoms with Gasteiger partial charge in [-0.1, -0.05) is 13.0 Å². The van der Waals surface area contributed by atoms with Crippen molar-refractivity contribution in [3.05, 3.63) is 33.9 Å². The van der Waals surface area contributed by atoms with E-state index in [-0.39, 0.29) is 29.4 Å². The maximum atomic E-state index is 12.4. The topological polar surface area (TPSA) is 110 Å². The Morgan fingerprint density at radius 1 is 1.55 bits per heavy atom. The lowest BCUT2D eigenvalue weighted by molar-refractivity contribution is -0.385. The highest BCUT2D eigenvalue weighted by atomic mass is 16.6. The number of nitrogens with two attached hydrogens (primary N) is 1. The molecule has 0 aliphatic carbocycles. The van der Waals surface area contributed by atoms with Crippen molar-refractivity contribution in [1.82, 2.24) is 4.90 Å². The molecule has 0 aromatic heterocycles. The number of nitro benzene ring substituents is 1. The van der Waals surface area contributed by atoms with Crippen molar-refractivity contribution < 1.29 is 14.8 Å².